The number of nitrogens with zero attached hydrogens (tertiary/aromatic N) is 1. The Morgan fingerprint density at radius 2 is 2.17 bits per heavy atom. The molecule has 0 radical (unpaired) electrons. The molecule has 0 saturated carbocycles. The van der Waals surface area contributed by atoms with Gasteiger partial charge in [0.25, 0.3) is 0 Å². The average molecular weight is 248 g/mol. The molecule has 0 unspecified atom stereocenters. The molecule has 0 aliphatic carbocycles. The van der Waals surface area contributed by atoms with Crippen molar-refractivity contribution in [1.29, 1.82) is 0 Å². The van der Waals surface area contributed by atoms with E-state index in [0.717, 1.165) is 38.2 Å². The van der Waals surface area contributed by atoms with Crippen molar-refractivity contribution in [2.75, 3.05) is 24.5 Å². The van der Waals surface area contributed by atoms with E-state index in [9.17, 15) is 0 Å². The van der Waals surface area contributed by atoms with Gasteiger partial charge in [0, 0.05) is 6.54 Å². The van der Waals surface area contributed by atoms with Gasteiger partial charge in [0.1, 0.15) is 11.4 Å². The van der Waals surface area contributed by atoms with E-state index in [1.54, 1.807) is 0 Å². The van der Waals surface area contributed by atoms with Gasteiger partial charge in [-0.1, -0.05) is 13.0 Å². The Morgan fingerprint density at radius 1 is 1.39 bits per heavy atom. The van der Waals surface area contributed by atoms with Crippen molar-refractivity contribution in [2.24, 2.45) is 5.73 Å². The minimum atomic E-state index is -0.130. The van der Waals surface area contributed by atoms with Crippen LogP contribution in [0.4, 0.5) is 5.69 Å². The molecule has 100 valence electrons. The summed E-state index contributed by atoms with van der Waals surface area (Å²) in [6.45, 7) is 9.12. The third kappa shape index (κ3) is 2.78. The van der Waals surface area contributed by atoms with Crippen molar-refractivity contribution in [2.45, 2.75) is 39.2 Å². The van der Waals surface area contributed by atoms with Crippen LogP contribution in [0.1, 0.15) is 32.8 Å². The molecular weight excluding hydrogens is 224 g/mol. The first-order valence-corrected chi connectivity index (χ1v) is 6.82. The van der Waals surface area contributed by atoms with Crippen molar-refractivity contribution < 1.29 is 4.74 Å². The fourth-order valence-electron chi connectivity index (χ4n) is 2.47. The molecule has 0 amide bonds. The second-order valence-electron chi connectivity index (χ2n) is 5.58. The lowest BCUT2D eigenvalue weighted by Crippen LogP contribution is -2.47. The molecule has 3 nitrogen and oxygen atoms in total. The minimum Gasteiger partial charge on any atom is -0.484 e. The van der Waals surface area contributed by atoms with Crippen LogP contribution in [0.2, 0.25) is 0 Å². The number of nitrogens with two attached hydrogens (primary N) is 1. The summed E-state index contributed by atoms with van der Waals surface area (Å²) in [5, 5.41) is 0. The fraction of sp³-hybridized carbons (Fsp3) is 0.600. The number of anilines is 1. The van der Waals surface area contributed by atoms with Crippen molar-refractivity contribution >= 4 is 5.69 Å². The van der Waals surface area contributed by atoms with Crippen molar-refractivity contribution in [1.82, 2.24) is 0 Å². The number of benzene rings is 1. The zero-order chi connectivity index (χ0) is 13.2. The molecule has 0 fully saturated rings. The Kier molecular flexibility index (Phi) is 3.81. The Bertz CT molecular complexity index is 415. The summed E-state index contributed by atoms with van der Waals surface area (Å²) >= 11 is 0. The third-order valence-electron chi connectivity index (χ3n) is 3.36. The summed E-state index contributed by atoms with van der Waals surface area (Å²) in [6.07, 6.45) is 2.08. The van der Waals surface area contributed by atoms with Crippen LogP contribution in [0.15, 0.2) is 18.2 Å². The molecule has 18 heavy (non-hydrogen) atoms. The van der Waals surface area contributed by atoms with Gasteiger partial charge in [0.15, 0.2) is 0 Å². The van der Waals surface area contributed by atoms with Gasteiger partial charge in [-0.05, 0) is 50.9 Å². The number of ether oxygens (including phenoxy) is 1. The van der Waals surface area contributed by atoms with Gasteiger partial charge in [-0.3, -0.25) is 0 Å². The summed E-state index contributed by atoms with van der Waals surface area (Å²) in [7, 11) is 0. The smallest absolute Gasteiger partial charge is 0.143 e. The first-order valence-electron chi connectivity index (χ1n) is 6.82. The van der Waals surface area contributed by atoms with Crippen molar-refractivity contribution in [3.8, 4) is 5.75 Å². The van der Waals surface area contributed by atoms with Crippen molar-refractivity contribution in [3.05, 3.63) is 23.8 Å². The van der Waals surface area contributed by atoms with Gasteiger partial charge in [-0.2, -0.15) is 0 Å². The van der Waals surface area contributed by atoms with E-state index < -0.39 is 0 Å². The van der Waals surface area contributed by atoms with Gasteiger partial charge < -0.3 is 15.4 Å². The molecule has 1 heterocycles. The number of hydrogen-bond acceptors (Lipinski definition) is 3. The largest absolute Gasteiger partial charge is 0.484 e. The Hall–Kier alpha value is -1.22. The predicted octanol–water partition coefficient (Wildman–Crippen LogP) is 2.58. The molecule has 1 aromatic carbocycles. The molecule has 0 aromatic heterocycles. The van der Waals surface area contributed by atoms with Crippen LogP contribution >= 0.6 is 0 Å². The molecule has 0 atom stereocenters. The maximum atomic E-state index is 6.06. The van der Waals surface area contributed by atoms with E-state index >= 15 is 0 Å². The molecule has 3 heteroatoms. The normalized spacial score (nSPS) is 17.2. The zero-order valence-electron chi connectivity index (χ0n) is 11.7. The molecule has 0 bridgehead atoms. The molecule has 2 rings (SSSR count). The van der Waals surface area contributed by atoms with Crippen LogP contribution in [0.25, 0.3) is 0 Å². The Labute approximate surface area is 110 Å². The molecule has 1 aromatic rings. The summed E-state index contributed by atoms with van der Waals surface area (Å²) < 4.78 is 6.06. The van der Waals surface area contributed by atoms with E-state index in [-0.39, 0.29) is 5.60 Å². The van der Waals surface area contributed by atoms with E-state index in [4.69, 9.17) is 10.5 Å². The fourth-order valence-corrected chi connectivity index (χ4v) is 2.47. The predicted molar refractivity (Wildman–Crippen MR) is 76.4 cm³/mol. The van der Waals surface area contributed by atoms with E-state index in [1.165, 1.54) is 11.3 Å². The molecule has 0 saturated heterocycles. The van der Waals surface area contributed by atoms with Crippen LogP contribution < -0.4 is 15.4 Å². The van der Waals surface area contributed by atoms with E-state index in [1.807, 2.05) is 0 Å². The Morgan fingerprint density at radius 3 is 2.83 bits per heavy atom. The number of hydrogen-bond donors (Lipinski definition) is 1. The van der Waals surface area contributed by atoms with Gasteiger partial charge in [-0.25, -0.2) is 0 Å². The summed E-state index contributed by atoms with van der Waals surface area (Å²) in [5.74, 6) is 1.00. The summed E-state index contributed by atoms with van der Waals surface area (Å²) in [4.78, 5) is 2.41. The summed E-state index contributed by atoms with van der Waals surface area (Å²) in [5.41, 5.74) is 8.08. The third-order valence-corrected chi connectivity index (χ3v) is 3.36. The van der Waals surface area contributed by atoms with Gasteiger partial charge in [0.05, 0.1) is 12.2 Å². The maximum absolute atomic E-state index is 6.06. The highest BCUT2D eigenvalue weighted by Gasteiger charge is 2.31. The number of aryl methyl sites for hydroxylation is 1. The minimum absolute atomic E-state index is 0.130. The quantitative estimate of drug-likeness (QED) is 0.890. The second kappa shape index (κ2) is 5.19. The molecule has 0 spiro atoms. The highest BCUT2D eigenvalue weighted by atomic mass is 16.5. The lowest BCUT2D eigenvalue weighted by atomic mass is 10.0. The van der Waals surface area contributed by atoms with Gasteiger partial charge in [-0.15, -0.1) is 0 Å². The molecule has 1 aliphatic rings. The number of fused-ring (bicyclic) bond motifs is 1. The van der Waals surface area contributed by atoms with Crippen LogP contribution in [-0.2, 0) is 6.42 Å². The topological polar surface area (TPSA) is 38.5 Å². The SMILES string of the molecule is CCc1ccc2c(c1)N(CCCN)CC(C)(C)O2. The van der Waals surface area contributed by atoms with Gasteiger partial charge >= 0.3 is 0 Å². The molecule has 1 aliphatic heterocycles. The second-order valence-corrected chi connectivity index (χ2v) is 5.58. The van der Waals surface area contributed by atoms with Crippen molar-refractivity contribution in [3.63, 3.8) is 0 Å². The highest BCUT2D eigenvalue weighted by Crippen LogP contribution is 2.37. The summed E-state index contributed by atoms with van der Waals surface area (Å²) in [6, 6.07) is 6.51. The Balaban J connectivity index is 2.31. The maximum Gasteiger partial charge on any atom is 0.143 e. The van der Waals surface area contributed by atoms with Crippen LogP contribution in [0.5, 0.6) is 5.75 Å². The molecular formula is C15H24N2O. The van der Waals surface area contributed by atoms with Gasteiger partial charge in [0.2, 0.25) is 0 Å². The van der Waals surface area contributed by atoms with Crippen LogP contribution in [-0.4, -0.2) is 25.2 Å². The molecule has 2 N–H and O–H groups in total. The van der Waals surface area contributed by atoms with Crippen LogP contribution in [0.3, 0.4) is 0 Å². The zero-order valence-corrected chi connectivity index (χ0v) is 11.7. The lowest BCUT2D eigenvalue weighted by Gasteiger charge is -2.41. The monoisotopic (exact) mass is 248 g/mol. The highest BCUT2D eigenvalue weighted by molar-refractivity contribution is 5.62. The number of rotatable bonds is 4. The first-order chi connectivity index (χ1) is 8.55. The van der Waals surface area contributed by atoms with E-state index in [2.05, 4.69) is 43.9 Å². The standard InChI is InChI=1S/C15H24N2O/c1-4-12-6-7-14-13(10-12)17(9-5-8-16)11-15(2,3)18-14/h6-7,10H,4-5,8-9,11,16H2,1-3H3. The lowest BCUT2D eigenvalue weighted by molar-refractivity contribution is 0.105. The van der Waals surface area contributed by atoms with E-state index in [0.29, 0.717) is 0 Å². The average Bonchev–Trinajstić information content (AvgIpc) is 2.34. The first kappa shape index (κ1) is 13.2. The van der Waals surface area contributed by atoms with Crippen LogP contribution in [0, 0.1) is 0 Å².